The van der Waals surface area contributed by atoms with Crippen molar-refractivity contribution in [2.75, 3.05) is 33.3 Å². The van der Waals surface area contributed by atoms with Crippen LogP contribution in [0.4, 0.5) is 5.69 Å². The molecule has 42 heavy (non-hydrogen) atoms. The van der Waals surface area contributed by atoms with Crippen molar-refractivity contribution in [3.05, 3.63) is 92.3 Å². The summed E-state index contributed by atoms with van der Waals surface area (Å²) in [5, 5.41) is 38.7. The van der Waals surface area contributed by atoms with Crippen LogP contribution in [0, 0.1) is 10.1 Å². The van der Waals surface area contributed by atoms with E-state index in [4.69, 9.17) is 4.74 Å². The minimum atomic E-state index is -1.57. The molecule has 224 valence electrons. The van der Waals surface area contributed by atoms with Crippen molar-refractivity contribution >= 4 is 17.6 Å². The van der Waals surface area contributed by atoms with Gasteiger partial charge < -0.3 is 25.6 Å². The number of unbranched alkanes of at least 4 members (excludes halogenated alkanes) is 2. The Bertz CT molecular complexity index is 1380. The fourth-order valence-electron chi connectivity index (χ4n) is 6.57. The number of para-hydroxylation sites is 1. The van der Waals surface area contributed by atoms with Crippen LogP contribution in [0.5, 0.6) is 5.75 Å². The highest BCUT2D eigenvalue weighted by Crippen LogP contribution is 2.49. The molecule has 1 saturated heterocycles. The maximum absolute atomic E-state index is 12.7. The van der Waals surface area contributed by atoms with E-state index in [1.54, 1.807) is 27.0 Å². The number of aliphatic carboxylic acids is 2. The summed E-state index contributed by atoms with van der Waals surface area (Å²) >= 11 is 0. The average molecular weight is 579 g/mol. The molecular weight excluding hydrogens is 540 g/mol. The Morgan fingerprint density at radius 3 is 2.38 bits per heavy atom. The quantitative estimate of drug-likeness (QED) is 0.162. The first-order valence-corrected chi connectivity index (χ1v) is 14.1. The number of non-ortho nitro benzene ring substituents is 1. The number of allylic oxidation sites excluding steroid dienone is 2. The Kier molecular flexibility index (Phi) is 9.64. The molecule has 1 fully saturated rings. The SMILES string of the molecule is COc1ccccc1C1CNCCN1CCCCCC1(c2cccc([N+](=O)[O-])c2)C(C(=O)O)=C(C)NC(C)=C1C(=O)O. The number of hydrogen-bond donors (Lipinski definition) is 4. The van der Waals surface area contributed by atoms with Crippen LogP contribution in [0.3, 0.4) is 0 Å². The lowest BCUT2D eigenvalue weighted by Gasteiger charge is -2.41. The first kappa shape index (κ1) is 30.7. The number of carboxylic acids is 2. The van der Waals surface area contributed by atoms with Crippen molar-refractivity contribution in [1.29, 1.82) is 0 Å². The maximum atomic E-state index is 12.7. The van der Waals surface area contributed by atoms with Crippen LogP contribution < -0.4 is 15.4 Å². The Labute approximate surface area is 245 Å². The maximum Gasteiger partial charge on any atom is 0.334 e. The molecule has 2 aliphatic rings. The fourth-order valence-corrected chi connectivity index (χ4v) is 6.57. The molecule has 2 heterocycles. The van der Waals surface area contributed by atoms with Gasteiger partial charge in [-0.15, -0.1) is 0 Å². The number of ether oxygens (including phenoxy) is 1. The Morgan fingerprint density at radius 2 is 1.74 bits per heavy atom. The summed E-state index contributed by atoms with van der Waals surface area (Å²) in [7, 11) is 1.67. The van der Waals surface area contributed by atoms with E-state index in [1.807, 2.05) is 18.2 Å². The molecule has 0 spiro atoms. The molecule has 0 bridgehead atoms. The van der Waals surface area contributed by atoms with Gasteiger partial charge in [-0.2, -0.15) is 0 Å². The number of nitro groups is 1. The topological polar surface area (TPSA) is 154 Å². The second-order valence-electron chi connectivity index (χ2n) is 10.8. The van der Waals surface area contributed by atoms with Gasteiger partial charge in [-0.05, 0) is 44.9 Å². The number of dihydropyridines is 1. The minimum Gasteiger partial charge on any atom is -0.496 e. The molecular formula is C31H38N4O7. The van der Waals surface area contributed by atoms with Crippen LogP contribution in [0.1, 0.15) is 56.7 Å². The van der Waals surface area contributed by atoms with Crippen LogP contribution in [0.15, 0.2) is 71.1 Å². The van der Waals surface area contributed by atoms with Gasteiger partial charge in [-0.1, -0.05) is 43.2 Å². The van der Waals surface area contributed by atoms with Gasteiger partial charge in [-0.3, -0.25) is 15.0 Å². The number of methoxy groups -OCH3 is 1. The number of nitrogens with zero attached hydrogens (tertiary/aromatic N) is 2. The van der Waals surface area contributed by atoms with E-state index >= 15 is 0 Å². The summed E-state index contributed by atoms with van der Waals surface area (Å²) in [4.78, 5) is 38.9. The van der Waals surface area contributed by atoms with Gasteiger partial charge in [0, 0.05) is 48.7 Å². The van der Waals surface area contributed by atoms with E-state index in [0.29, 0.717) is 24.2 Å². The van der Waals surface area contributed by atoms with E-state index in [2.05, 4.69) is 21.6 Å². The third kappa shape index (κ3) is 6.02. The van der Waals surface area contributed by atoms with Crippen LogP contribution in [-0.4, -0.2) is 65.3 Å². The summed E-state index contributed by atoms with van der Waals surface area (Å²) in [5.41, 5.74) is 0.0202. The van der Waals surface area contributed by atoms with Crippen LogP contribution in [0.2, 0.25) is 0 Å². The van der Waals surface area contributed by atoms with Gasteiger partial charge in [0.25, 0.3) is 5.69 Å². The van der Waals surface area contributed by atoms with Crippen molar-refractivity contribution in [2.24, 2.45) is 0 Å². The Morgan fingerprint density at radius 1 is 1.05 bits per heavy atom. The normalized spacial score (nSPS) is 18.9. The van der Waals surface area contributed by atoms with Crippen molar-refractivity contribution in [3.8, 4) is 5.75 Å². The second-order valence-corrected chi connectivity index (χ2v) is 10.8. The van der Waals surface area contributed by atoms with Gasteiger partial charge in [0.1, 0.15) is 5.75 Å². The standard InChI is InChI=1S/C31H38N4O7/c1-20-27(29(36)37)31(28(30(38)39)21(2)33-20,22-10-9-11-23(18-22)35(40)41)14-7-4-8-16-34-17-15-32-19-25(34)24-12-5-6-13-26(24)42-3/h5-6,9-13,18,25,32-33H,4,7-8,14-17,19H2,1-3H3,(H,36,37)(H,38,39). The summed E-state index contributed by atoms with van der Waals surface area (Å²) in [5.74, 6) is -1.69. The monoisotopic (exact) mass is 578 g/mol. The van der Waals surface area contributed by atoms with Gasteiger partial charge in [0.15, 0.2) is 0 Å². The molecule has 1 unspecified atom stereocenters. The van der Waals surface area contributed by atoms with Crippen molar-refractivity contribution < 1.29 is 29.5 Å². The molecule has 0 amide bonds. The molecule has 0 radical (unpaired) electrons. The zero-order valence-corrected chi connectivity index (χ0v) is 24.2. The fraction of sp³-hybridized carbons (Fsp3) is 0.419. The lowest BCUT2D eigenvalue weighted by atomic mass is 9.63. The van der Waals surface area contributed by atoms with Gasteiger partial charge in [0.2, 0.25) is 0 Å². The summed E-state index contributed by atoms with van der Waals surface area (Å²) in [6.45, 7) is 6.52. The van der Waals surface area contributed by atoms with Gasteiger partial charge in [0.05, 0.1) is 34.6 Å². The largest absolute Gasteiger partial charge is 0.496 e. The van der Waals surface area contributed by atoms with Gasteiger partial charge in [-0.25, -0.2) is 9.59 Å². The highest BCUT2D eigenvalue weighted by Gasteiger charge is 2.50. The van der Waals surface area contributed by atoms with E-state index < -0.39 is 22.3 Å². The number of benzene rings is 2. The number of carbonyl (C=O) groups is 2. The first-order valence-electron chi connectivity index (χ1n) is 14.1. The van der Waals surface area contributed by atoms with Crippen LogP contribution in [0.25, 0.3) is 0 Å². The lowest BCUT2D eigenvalue weighted by molar-refractivity contribution is -0.385. The molecule has 11 heteroatoms. The summed E-state index contributed by atoms with van der Waals surface area (Å²) < 4.78 is 5.60. The third-order valence-corrected chi connectivity index (χ3v) is 8.31. The molecule has 0 aromatic heterocycles. The van der Waals surface area contributed by atoms with Crippen molar-refractivity contribution in [1.82, 2.24) is 15.5 Å². The first-order chi connectivity index (χ1) is 20.1. The predicted octanol–water partition coefficient (Wildman–Crippen LogP) is 4.37. The van der Waals surface area contributed by atoms with E-state index in [0.717, 1.165) is 43.9 Å². The zero-order valence-electron chi connectivity index (χ0n) is 24.2. The zero-order chi connectivity index (χ0) is 30.4. The number of hydrogen-bond acceptors (Lipinski definition) is 8. The Balaban J connectivity index is 1.61. The lowest BCUT2D eigenvalue weighted by Crippen LogP contribution is -2.46. The summed E-state index contributed by atoms with van der Waals surface area (Å²) in [6.07, 6.45) is 2.21. The number of nitro benzene ring substituents is 1. The molecule has 4 rings (SSSR count). The van der Waals surface area contributed by atoms with Crippen LogP contribution in [-0.2, 0) is 15.0 Å². The molecule has 2 aromatic rings. The second kappa shape index (κ2) is 13.2. The average Bonchev–Trinajstić information content (AvgIpc) is 2.96. The molecule has 1 atom stereocenters. The molecule has 2 aliphatic heterocycles. The van der Waals surface area contributed by atoms with E-state index in [9.17, 15) is 29.9 Å². The van der Waals surface area contributed by atoms with E-state index in [1.165, 1.54) is 18.2 Å². The van der Waals surface area contributed by atoms with Crippen LogP contribution >= 0.6 is 0 Å². The minimum absolute atomic E-state index is 0.107. The molecule has 0 aliphatic carbocycles. The number of carboxylic acid groups (broad SMARTS) is 2. The number of piperazine rings is 1. The number of rotatable bonds is 12. The van der Waals surface area contributed by atoms with E-state index in [-0.39, 0.29) is 34.9 Å². The molecule has 0 saturated carbocycles. The molecule has 4 N–H and O–H groups in total. The Hall–Kier alpha value is -4.22. The third-order valence-electron chi connectivity index (χ3n) is 8.31. The summed E-state index contributed by atoms with van der Waals surface area (Å²) in [6, 6.07) is 13.8. The van der Waals surface area contributed by atoms with Crippen molar-refractivity contribution in [3.63, 3.8) is 0 Å². The van der Waals surface area contributed by atoms with Gasteiger partial charge >= 0.3 is 11.9 Å². The smallest absolute Gasteiger partial charge is 0.334 e. The number of nitrogens with one attached hydrogen (secondary N) is 2. The molecule has 2 aromatic carbocycles. The molecule has 11 nitrogen and oxygen atoms in total. The van der Waals surface area contributed by atoms with Crippen molar-refractivity contribution in [2.45, 2.75) is 51.0 Å². The predicted molar refractivity (Wildman–Crippen MR) is 157 cm³/mol. The highest BCUT2D eigenvalue weighted by atomic mass is 16.6. The highest BCUT2D eigenvalue weighted by molar-refractivity contribution is 6.00.